The zero-order valence-corrected chi connectivity index (χ0v) is 15.0. The Labute approximate surface area is 142 Å². The molecule has 128 valence electrons. The quantitative estimate of drug-likeness (QED) is 0.354. The first kappa shape index (κ1) is 18.5. The maximum Gasteiger partial charge on any atom is 0.322 e. The molecule has 0 atom stereocenters. The van der Waals surface area contributed by atoms with Crippen LogP contribution in [0, 0.1) is 0 Å². The molecule has 3 rings (SSSR count). The Morgan fingerprint density at radius 3 is 1.88 bits per heavy atom. The van der Waals surface area contributed by atoms with E-state index in [1.165, 1.54) is 40.1 Å². The van der Waals surface area contributed by atoms with Gasteiger partial charge in [0.15, 0.2) is 0 Å². The van der Waals surface area contributed by atoms with E-state index < -0.39 is 7.60 Å². The van der Waals surface area contributed by atoms with Gasteiger partial charge in [0.2, 0.25) is 0 Å². The lowest BCUT2D eigenvalue weighted by Gasteiger charge is -2.13. The molecule has 0 saturated heterocycles. The van der Waals surface area contributed by atoms with Crippen molar-refractivity contribution >= 4 is 34.8 Å². The Morgan fingerprint density at radius 1 is 0.958 bits per heavy atom. The smallest absolute Gasteiger partial charge is 0.322 e. The maximum atomic E-state index is 9.33. The summed E-state index contributed by atoms with van der Waals surface area (Å²) in [4.78, 5) is 15.3. The molecule has 3 N–H and O–H groups in total. The number of nitrogens with one attached hydrogen (secondary N) is 1. The molecule has 24 heavy (non-hydrogen) atoms. The van der Waals surface area contributed by atoms with Crippen molar-refractivity contribution in [2.75, 3.05) is 18.5 Å². The van der Waals surface area contributed by atoms with E-state index in [-0.39, 0.29) is 0 Å². The highest BCUT2D eigenvalue weighted by atomic mass is 31.2. The molecule has 0 heterocycles. The van der Waals surface area contributed by atoms with Crippen molar-refractivity contribution in [1.29, 1.82) is 0 Å². The normalized spacial score (nSPS) is 11.2. The van der Waals surface area contributed by atoms with E-state index in [0.717, 1.165) is 13.2 Å². The molecule has 0 aromatic heterocycles. The van der Waals surface area contributed by atoms with Gasteiger partial charge in [0.1, 0.15) is 0 Å². The average Bonchev–Trinajstić information content (AvgIpc) is 2.53. The van der Waals surface area contributed by atoms with E-state index >= 15 is 0 Å². The van der Waals surface area contributed by atoms with Crippen LogP contribution in [0.1, 0.15) is 19.8 Å². The van der Waals surface area contributed by atoms with Gasteiger partial charge in [0.05, 0.1) is 0 Å². The molecule has 0 aliphatic carbocycles. The molecule has 5 heteroatoms. The van der Waals surface area contributed by atoms with Crippen LogP contribution < -0.4 is 5.32 Å². The summed E-state index contributed by atoms with van der Waals surface area (Å²) in [6, 6.07) is 19.5. The van der Waals surface area contributed by atoms with Gasteiger partial charge in [0.25, 0.3) is 0 Å². The van der Waals surface area contributed by atoms with Crippen LogP contribution in [0.25, 0.3) is 21.5 Å². The van der Waals surface area contributed by atoms with Gasteiger partial charge in [-0.15, -0.1) is 0 Å². The summed E-state index contributed by atoms with van der Waals surface area (Å²) in [6.07, 6.45) is 2.42. The van der Waals surface area contributed by atoms with Gasteiger partial charge < -0.3 is 15.1 Å². The predicted octanol–water partition coefficient (Wildman–Crippen LogP) is 5.00. The van der Waals surface area contributed by atoms with Gasteiger partial charge in [0, 0.05) is 29.7 Å². The molecular weight excluding hydrogens is 321 g/mol. The monoisotopic (exact) mass is 345 g/mol. The third-order valence-corrected chi connectivity index (χ3v) is 3.60. The summed E-state index contributed by atoms with van der Waals surface area (Å²) in [5.74, 6) is 0. The fraction of sp³-hybridized carbons (Fsp3) is 0.263. The van der Waals surface area contributed by atoms with E-state index in [4.69, 9.17) is 9.79 Å². The number of fused-ring (bicyclic) bond motifs is 2. The lowest BCUT2D eigenvalue weighted by Crippen LogP contribution is -2.02. The summed E-state index contributed by atoms with van der Waals surface area (Å²) >= 11 is 0. The van der Waals surface area contributed by atoms with E-state index in [2.05, 4.69) is 66.8 Å². The lowest BCUT2D eigenvalue weighted by molar-refractivity contribution is 0.381. The minimum Gasteiger partial charge on any atom is -0.384 e. The SMILES string of the molecule is CCCCNc1c2ccccc2cc2ccccc12.CP(=O)(O)O. The number of rotatable bonds is 4. The third-order valence-electron chi connectivity index (χ3n) is 3.60. The number of hydrogen-bond donors (Lipinski definition) is 3. The fourth-order valence-corrected chi connectivity index (χ4v) is 2.59. The first-order valence-electron chi connectivity index (χ1n) is 8.07. The second-order valence-corrected chi connectivity index (χ2v) is 7.48. The molecule has 3 aromatic rings. The minimum atomic E-state index is -3.64. The highest BCUT2D eigenvalue weighted by Gasteiger charge is 2.06. The largest absolute Gasteiger partial charge is 0.384 e. The standard InChI is InChI=1S/C18H19N.CH5O3P/c1-2-3-12-19-18-16-10-6-4-8-14(16)13-15-9-5-7-11-17(15)18;1-5(2,3)4/h4-11,13,19H,2-3,12H2,1H3;1H3,(H2,2,3,4). The van der Waals surface area contributed by atoms with Crippen LogP contribution in [0.2, 0.25) is 0 Å². The molecule has 4 nitrogen and oxygen atoms in total. The van der Waals surface area contributed by atoms with Crippen molar-refractivity contribution in [1.82, 2.24) is 0 Å². The van der Waals surface area contributed by atoms with Gasteiger partial charge >= 0.3 is 7.60 Å². The molecule has 0 radical (unpaired) electrons. The molecule has 0 saturated carbocycles. The summed E-state index contributed by atoms with van der Waals surface area (Å²) in [5.41, 5.74) is 1.28. The summed E-state index contributed by atoms with van der Waals surface area (Å²) in [5, 5.41) is 8.88. The van der Waals surface area contributed by atoms with E-state index in [9.17, 15) is 4.57 Å². The van der Waals surface area contributed by atoms with Gasteiger partial charge in [-0.1, -0.05) is 61.9 Å². The van der Waals surface area contributed by atoms with Crippen molar-refractivity contribution in [2.45, 2.75) is 19.8 Å². The summed E-state index contributed by atoms with van der Waals surface area (Å²) in [7, 11) is -3.64. The van der Waals surface area contributed by atoms with Crippen LogP contribution in [0.3, 0.4) is 0 Å². The van der Waals surface area contributed by atoms with Crippen LogP contribution in [0.5, 0.6) is 0 Å². The molecule has 0 aliphatic rings. The molecule has 0 amide bonds. The van der Waals surface area contributed by atoms with Gasteiger partial charge in [-0.25, -0.2) is 0 Å². The fourth-order valence-electron chi connectivity index (χ4n) is 2.59. The molecule has 0 aliphatic heterocycles. The number of benzene rings is 3. The molecule has 0 unspecified atom stereocenters. The van der Waals surface area contributed by atoms with Crippen LogP contribution >= 0.6 is 7.60 Å². The molecule has 0 spiro atoms. The minimum absolute atomic E-state index is 0.854. The van der Waals surface area contributed by atoms with E-state index in [1.54, 1.807) is 0 Å². The van der Waals surface area contributed by atoms with Crippen molar-refractivity contribution in [3.8, 4) is 0 Å². The van der Waals surface area contributed by atoms with Crippen LogP contribution in [-0.4, -0.2) is 23.0 Å². The van der Waals surface area contributed by atoms with Gasteiger partial charge in [-0.3, -0.25) is 4.57 Å². The Kier molecular flexibility index (Phi) is 6.38. The van der Waals surface area contributed by atoms with Crippen molar-refractivity contribution in [3.05, 3.63) is 54.6 Å². The second-order valence-electron chi connectivity index (χ2n) is 5.81. The Morgan fingerprint density at radius 2 is 1.42 bits per heavy atom. The van der Waals surface area contributed by atoms with Crippen molar-refractivity contribution < 1.29 is 14.4 Å². The summed E-state index contributed by atoms with van der Waals surface area (Å²) < 4.78 is 9.33. The molecule has 3 aromatic carbocycles. The van der Waals surface area contributed by atoms with Crippen LogP contribution in [0.4, 0.5) is 5.69 Å². The average molecular weight is 345 g/mol. The van der Waals surface area contributed by atoms with Crippen LogP contribution in [0.15, 0.2) is 54.6 Å². The highest BCUT2D eigenvalue weighted by Crippen LogP contribution is 2.32. The summed E-state index contributed by atoms with van der Waals surface area (Å²) in [6.45, 7) is 4.12. The number of anilines is 1. The first-order valence-corrected chi connectivity index (χ1v) is 10.1. The predicted molar refractivity (Wildman–Crippen MR) is 103 cm³/mol. The second kappa shape index (κ2) is 8.29. The maximum absolute atomic E-state index is 9.33. The molecule has 0 bridgehead atoms. The van der Waals surface area contributed by atoms with Gasteiger partial charge in [-0.05, 0) is 23.3 Å². The highest BCUT2D eigenvalue weighted by molar-refractivity contribution is 7.50. The Hall–Kier alpha value is -1.87. The topological polar surface area (TPSA) is 69.6 Å². The first-order chi connectivity index (χ1) is 11.4. The number of unbranched alkanes of at least 4 members (excludes halogenated alkanes) is 1. The van der Waals surface area contributed by atoms with E-state index in [1.807, 2.05) is 0 Å². The zero-order chi connectivity index (χ0) is 17.6. The van der Waals surface area contributed by atoms with Crippen molar-refractivity contribution in [2.24, 2.45) is 0 Å². The molecule has 0 fully saturated rings. The van der Waals surface area contributed by atoms with Crippen molar-refractivity contribution in [3.63, 3.8) is 0 Å². The Balaban J connectivity index is 0.000000368. The zero-order valence-electron chi connectivity index (χ0n) is 14.1. The lowest BCUT2D eigenvalue weighted by atomic mass is 10.0. The van der Waals surface area contributed by atoms with Gasteiger partial charge in [-0.2, -0.15) is 0 Å². The molecular formula is C19H24NO3P. The van der Waals surface area contributed by atoms with Crippen LogP contribution in [-0.2, 0) is 4.57 Å². The third kappa shape index (κ3) is 5.34. The van der Waals surface area contributed by atoms with E-state index in [0.29, 0.717) is 0 Å². The number of hydrogen-bond acceptors (Lipinski definition) is 2. The Bertz CT molecular complexity index is 795.